The highest BCUT2D eigenvalue weighted by atomic mass is 19.4. The minimum atomic E-state index is -4.57. The second-order valence-corrected chi connectivity index (χ2v) is 5.06. The first-order valence-corrected chi connectivity index (χ1v) is 6.93. The Morgan fingerprint density at radius 2 is 1.72 bits per heavy atom. The molecule has 140 valence electrons. The fraction of sp³-hybridized carbons (Fsp3) is 0.429. The maximum Gasteiger partial charge on any atom is 0.416 e. The van der Waals surface area contributed by atoms with E-state index in [4.69, 9.17) is 0 Å². The number of urea groups is 1. The lowest BCUT2D eigenvalue weighted by atomic mass is 10.1. The van der Waals surface area contributed by atoms with Crippen LogP contribution in [0.15, 0.2) is 24.3 Å². The molecule has 1 aromatic carbocycles. The molecule has 1 rings (SSSR count). The number of hydrogen-bond donors (Lipinski definition) is 3. The quantitative estimate of drug-likeness (QED) is 0.697. The van der Waals surface area contributed by atoms with Crippen molar-refractivity contribution >= 4 is 11.9 Å². The first-order chi connectivity index (χ1) is 11.4. The lowest BCUT2D eigenvalue weighted by Crippen LogP contribution is -2.44. The molecule has 0 fully saturated rings. The van der Waals surface area contributed by atoms with Crippen LogP contribution in [0.1, 0.15) is 24.1 Å². The van der Waals surface area contributed by atoms with Crippen molar-refractivity contribution < 1.29 is 35.9 Å². The Hall–Kier alpha value is -2.46. The summed E-state index contributed by atoms with van der Waals surface area (Å²) >= 11 is 0. The number of alkyl halides is 6. The standard InChI is InChI=1S/C14H15F6N3O2/c1-8(9-3-2-4-10(5-9)14(18,19)20)23-12(25)21-6-11(24)22-7-13(15,16)17/h2-5,8H,6-7H2,1H3,(H,22,24)(H2,21,23,25)/t8-/m1/s1. The highest BCUT2D eigenvalue weighted by molar-refractivity contribution is 5.84. The van der Waals surface area contributed by atoms with Crippen molar-refractivity contribution in [3.63, 3.8) is 0 Å². The number of nitrogens with one attached hydrogen (secondary N) is 3. The molecule has 11 heteroatoms. The number of hydrogen-bond acceptors (Lipinski definition) is 2. The topological polar surface area (TPSA) is 70.2 Å². The molecule has 0 spiro atoms. The molecular formula is C14H15F6N3O2. The van der Waals surface area contributed by atoms with Crippen LogP contribution >= 0.6 is 0 Å². The van der Waals surface area contributed by atoms with Crippen LogP contribution in [0.3, 0.4) is 0 Å². The Labute approximate surface area is 138 Å². The predicted octanol–water partition coefficient (Wildman–Crippen LogP) is 2.74. The van der Waals surface area contributed by atoms with Gasteiger partial charge in [-0.1, -0.05) is 12.1 Å². The second kappa shape index (κ2) is 8.08. The van der Waals surface area contributed by atoms with Gasteiger partial charge in [0, 0.05) is 0 Å². The van der Waals surface area contributed by atoms with E-state index in [1.807, 2.05) is 5.32 Å². The van der Waals surface area contributed by atoms with Crippen LogP contribution in [-0.2, 0) is 11.0 Å². The second-order valence-electron chi connectivity index (χ2n) is 5.06. The van der Waals surface area contributed by atoms with Crippen LogP contribution in [-0.4, -0.2) is 31.2 Å². The number of rotatable bonds is 5. The van der Waals surface area contributed by atoms with E-state index in [0.29, 0.717) is 0 Å². The van der Waals surface area contributed by atoms with E-state index in [-0.39, 0.29) is 5.56 Å². The minimum absolute atomic E-state index is 0.173. The Morgan fingerprint density at radius 1 is 1.08 bits per heavy atom. The van der Waals surface area contributed by atoms with Crippen molar-refractivity contribution in [2.45, 2.75) is 25.3 Å². The van der Waals surface area contributed by atoms with Crippen molar-refractivity contribution in [2.24, 2.45) is 0 Å². The summed E-state index contributed by atoms with van der Waals surface area (Å²) < 4.78 is 73.6. The van der Waals surface area contributed by atoms with Gasteiger partial charge < -0.3 is 16.0 Å². The van der Waals surface area contributed by atoms with Gasteiger partial charge in [-0.3, -0.25) is 4.79 Å². The molecule has 0 bridgehead atoms. The number of benzene rings is 1. The summed E-state index contributed by atoms with van der Waals surface area (Å²) in [4.78, 5) is 22.7. The molecule has 0 aromatic heterocycles. The van der Waals surface area contributed by atoms with E-state index in [9.17, 15) is 35.9 Å². The summed E-state index contributed by atoms with van der Waals surface area (Å²) in [6.45, 7) is -0.828. The summed E-state index contributed by atoms with van der Waals surface area (Å²) in [6.07, 6.45) is -9.11. The maximum absolute atomic E-state index is 12.6. The van der Waals surface area contributed by atoms with Crippen LogP contribution in [0.4, 0.5) is 31.1 Å². The van der Waals surface area contributed by atoms with Crippen LogP contribution in [0.5, 0.6) is 0 Å². The van der Waals surface area contributed by atoms with Crippen molar-refractivity contribution in [3.8, 4) is 0 Å². The van der Waals surface area contributed by atoms with Gasteiger partial charge in [0.15, 0.2) is 0 Å². The van der Waals surface area contributed by atoms with Crippen LogP contribution in [0.25, 0.3) is 0 Å². The van der Waals surface area contributed by atoms with E-state index in [1.54, 1.807) is 5.32 Å². The van der Waals surface area contributed by atoms with Crippen molar-refractivity contribution in [1.82, 2.24) is 16.0 Å². The summed E-state index contributed by atoms with van der Waals surface area (Å²) in [5, 5.41) is 5.85. The smallest absolute Gasteiger partial charge is 0.345 e. The zero-order valence-electron chi connectivity index (χ0n) is 12.9. The van der Waals surface area contributed by atoms with E-state index >= 15 is 0 Å². The Morgan fingerprint density at radius 3 is 2.28 bits per heavy atom. The van der Waals surface area contributed by atoms with Gasteiger partial charge in [-0.05, 0) is 24.6 Å². The largest absolute Gasteiger partial charge is 0.416 e. The molecule has 5 nitrogen and oxygen atoms in total. The van der Waals surface area contributed by atoms with Gasteiger partial charge in [0.1, 0.15) is 6.54 Å². The third-order valence-electron chi connectivity index (χ3n) is 2.96. The van der Waals surface area contributed by atoms with Gasteiger partial charge in [0.2, 0.25) is 5.91 Å². The van der Waals surface area contributed by atoms with Crippen LogP contribution in [0, 0.1) is 0 Å². The van der Waals surface area contributed by atoms with Gasteiger partial charge in [-0.15, -0.1) is 0 Å². The molecule has 25 heavy (non-hydrogen) atoms. The van der Waals surface area contributed by atoms with Gasteiger partial charge in [-0.25, -0.2) is 4.79 Å². The number of carbonyl (C=O) groups excluding carboxylic acids is 2. The average molecular weight is 371 g/mol. The van der Waals surface area contributed by atoms with Gasteiger partial charge >= 0.3 is 18.4 Å². The fourth-order valence-electron chi connectivity index (χ4n) is 1.74. The first-order valence-electron chi connectivity index (χ1n) is 6.93. The van der Waals surface area contributed by atoms with Gasteiger partial charge in [-0.2, -0.15) is 26.3 Å². The molecule has 0 unspecified atom stereocenters. The number of amides is 3. The van der Waals surface area contributed by atoms with Crippen molar-refractivity contribution in [2.75, 3.05) is 13.1 Å². The lowest BCUT2D eigenvalue weighted by molar-refractivity contribution is -0.137. The summed E-state index contributed by atoms with van der Waals surface area (Å²) in [7, 11) is 0. The minimum Gasteiger partial charge on any atom is -0.345 e. The van der Waals surface area contributed by atoms with Gasteiger partial charge in [0.25, 0.3) is 0 Å². The summed E-state index contributed by atoms with van der Waals surface area (Å²) in [5.74, 6) is -1.06. The highest BCUT2D eigenvalue weighted by Crippen LogP contribution is 2.30. The number of carbonyl (C=O) groups is 2. The summed E-state index contributed by atoms with van der Waals surface area (Å²) in [5.41, 5.74) is -0.711. The first kappa shape index (κ1) is 20.6. The maximum atomic E-state index is 12.6. The molecular weight excluding hydrogens is 356 g/mol. The van der Waals surface area contributed by atoms with E-state index in [2.05, 4.69) is 5.32 Å². The fourth-order valence-corrected chi connectivity index (χ4v) is 1.74. The molecule has 1 aromatic rings. The molecule has 3 amide bonds. The molecule has 0 radical (unpaired) electrons. The zero-order chi connectivity index (χ0) is 19.3. The van der Waals surface area contributed by atoms with Crippen molar-refractivity contribution in [1.29, 1.82) is 0 Å². The Balaban J connectivity index is 2.51. The lowest BCUT2D eigenvalue weighted by Gasteiger charge is -2.16. The normalized spacial score (nSPS) is 13.1. The van der Waals surface area contributed by atoms with Crippen LogP contribution < -0.4 is 16.0 Å². The van der Waals surface area contributed by atoms with Gasteiger partial charge in [0.05, 0.1) is 18.2 Å². The molecule has 1 atom stereocenters. The third kappa shape index (κ3) is 7.77. The molecule has 0 saturated heterocycles. The van der Waals surface area contributed by atoms with E-state index in [0.717, 1.165) is 12.1 Å². The molecule has 0 aliphatic heterocycles. The van der Waals surface area contributed by atoms with Crippen molar-refractivity contribution in [3.05, 3.63) is 35.4 Å². The molecule has 3 N–H and O–H groups in total. The summed E-state index contributed by atoms with van der Waals surface area (Å²) in [6, 6.07) is 2.56. The Bertz CT molecular complexity index is 615. The average Bonchev–Trinajstić information content (AvgIpc) is 2.49. The molecule has 0 aliphatic rings. The molecule has 0 saturated carbocycles. The van der Waals surface area contributed by atoms with Crippen LogP contribution in [0.2, 0.25) is 0 Å². The Kier molecular flexibility index (Phi) is 6.65. The SMILES string of the molecule is C[C@@H](NC(=O)NCC(=O)NCC(F)(F)F)c1cccc(C(F)(F)F)c1. The third-order valence-corrected chi connectivity index (χ3v) is 2.96. The predicted molar refractivity (Wildman–Crippen MR) is 75.5 cm³/mol. The monoisotopic (exact) mass is 371 g/mol. The van der Waals surface area contributed by atoms with E-state index < -0.39 is 49.0 Å². The molecule has 0 aliphatic carbocycles. The number of halogens is 6. The zero-order valence-corrected chi connectivity index (χ0v) is 12.9. The highest BCUT2D eigenvalue weighted by Gasteiger charge is 2.31. The molecule has 0 heterocycles. The van der Waals surface area contributed by atoms with E-state index in [1.165, 1.54) is 19.1 Å².